The highest BCUT2D eigenvalue weighted by atomic mass is 16.6. The second-order valence-electron chi connectivity index (χ2n) is 3.64. The zero-order valence-corrected chi connectivity index (χ0v) is 9.27. The van der Waals surface area contributed by atoms with Crippen molar-refractivity contribution < 1.29 is 24.2 Å². The highest BCUT2D eigenvalue weighted by Crippen LogP contribution is 2.05. The van der Waals surface area contributed by atoms with Gasteiger partial charge < -0.3 is 9.84 Å². The van der Waals surface area contributed by atoms with Crippen molar-refractivity contribution >= 4 is 18.0 Å². The molecule has 1 aromatic heterocycles. The van der Waals surface area contributed by atoms with Gasteiger partial charge in [-0.15, -0.1) is 5.10 Å². The third kappa shape index (κ3) is 2.62. The van der Waals surface area contributed by atoms with Crippen LogP contribution in [0, 0.1) is 0 Å². The Labute approximate surface area is 101 Å². The molecule has 1 N–H and O–H groups in total. The van der Waals surface area contributed by atoms with E-state index in [4.69, 9.17) is 5.11 Å². The number of carbonyl (C=O) groups excluding carboxylic acids is 2. The average molecular weight is 254 g/mol. The second-order valence-corrected chi connectivity index (χ2v) is 3.64. The first kappa shape index (κ1) is 12.0. The Kier molecular flexibility index (Phi) is 3.22. The summed E-state index contributed by atoms with van der Waals surface area (Å²) in [6, 6.07) is 0. The number of hydrogen-bond acceptors (Lipinski definition) is 6. The molecule has 2 amide bonds. The predicted molar refractivity (Wildman–Crippen MR) is 54.4 cm³/mol. The van der Waals surface area contributed by atoms with Crippen molar-refractivity contribution in [2.24, 2.45) is 0 Å². The van der Waals surface area contributed by atoms with Crippen LogP contribution in [0.25, 0.3) is 0 Å². The zero-order chi connectivity index (χ0) is 13.1. The van der Waals surface area contributed by atoms with Crippen LogP contribution in [0.1, 0.15) is 5.69 Å². The van der Waals surface area contributed by atoms with Gasteiger partial charge in [0.05, 0.1) is 18.7 Å². The van der Waals surface area contributed by atoms with Gasteiger partial charge in [-0.1, -0.05) is 5.21 Å². The highest BCUT2D eigenvalue weighted by molar-refractivity contribution is 5.92. The number of nitrogens with zero attached hydrogens (tertiary/aromatic N) is 4. The van der Waals surface area contributed by atoms with Crippen molar-refractivity contribution in [3.63, 3.8) is 0 Å². The lowest BCUT2D eigenvalue weighted by atomic mass is 10.3. The summed E-state index contributed by atoms with van der Waals surface area (Å²) in [6.07, 6.45) is 0.416. The van der Waals surface area contributed by atoms with Crippen molar-refractivity contribution in [2.75, 3.05) is 13.2 Å². The van der Waals surface area contributed by atoms with Crippen LogP contribution in [0.5, 0.6) is 0 Å². The minimum atomic E-state index is -1.03. The van der Waals surface area contributed by atoms with E-state index in [-0.39, 0.29) is 31.8 Å². The molecule has 18 heavy (non-hydrogen) atoms. The minimum absolute atomic E-state index is 0.179. The number of ether oxygens (including phenoxy) is 1. The SMILES string of the molecule is O=C(O)Cc1cn(CC(=O)N2CCOC2=O)nn1. The topological polar surface area (TPSA) is 115 Å². The molecule has 9 nitrogen and oxygen atoms in total. The number of rotatable bonds is 4. The van der Waals surface area contributed by atoms with Gasteiger partial charge >= 0.3 is 12.1 Å². The highest BCUT2D eigenvalue weighted by Gasteiger charge is 2.28. The number of amides is 2. The smallest absolute Gasteiger partial charge is 0.416 e. The number of imide groups is 1. The van der Waals surface area contributed by atoms with Crippen LogP contribution in [0.4, 0.5) is 4.79 Å². The predicted octanol–water partition coefficient (Wildman–Crippen LogP) is -1.12. The molecule has 96 valence electrons. The first-order valence-corrected chi connectivity index (χ1v) is 5.14. The fraction of sp³-hybridized carbons (Fsp3) is 0.444. The van der Waals surface area contributed by atoms with Crippen LogP contribution in [-0.4, -0.2) is 56.1 Å². The molecular formula is C9H10N4O5. The van der Waals surface area contributed by atoms with Crippen LogP contribution in [0.2, 0.25) is 0 Å². The molecule has 2 rings (SSSR count). The van der Waals surface area contributed by atoms with Gasteiger partial charge in [0, 0.05) is 6.20 Å². The maximum atomic E-state index is 11.7. The third-order valence-corrected chi connectivity index (χ3v) is 2.28. The number of carboxylic acids is 1. The first-order valence-electron chi connectivity index (χ1n) is 5.14. The standard InChI is InChI=1S/C9H10N4O5/c14-7(13-1-2-18-9(13)17)5-12-4-6(10-11-12)3-8(15)16/h4H,1-3,5H2,(H,15,16). The Bertz CT molecular complexity index is 497. The molecule has 1 aromatic rings. The molecule has 2 heterocycles. The van der Waals surface area contributed by atoms with E-state index in [1.54, 1.807) is 0 Å². The van der Waals surface area contributed by atoms with Crippen molar-refractivity contribution in [3.8, 4) is 0 Å². The van der Waals surface area contributed by atoms with Gasteiger partial charge in [-0.25, -0.2) is 14.4 Å². The number of carboxylic acid groups (broad SMARTS) is 1. The van der Waals surface area contributed by atoms with E-state index >= 15 is 0 Å². The lowest BCUT2D eigenvalue weighted by molar-refractivity contribution is -0.136. The maximum Gasteiger partial charge on any atom is 0.416 e. The van der Waals surface area contributed by atoms with Gasteiger partial charge in [0.15, 0.2) is 0 Å². The quantitative estimate of drug-likeness (QED) is 0.723. The molecular weight excluding hydrogens is 244 g/mol. The summed E-state index contributed by atoms with van der Waals surface area (Å²) in [5, 5.41) is 15.8. The average Bonchev–Trinajstić information content (AvgIpc) is 2.87. The van der Waals surface area contributed by atoms with Crippen LogP contribution >= 0.6 is 0 Å². The van der Waals surface area contributed by atoms with Crippen LogP contribution in [-0.2, 0) is 27.3 Å². The van der Waals surface area contributed by atoms with Gasteiger partial charge in [-0.05, 0) is 0 Å². The molecule has 1 aliphatic heterocycles. The third-order valence-electron chi connectivity index (χ3n) is 2.28. The molecule has 1 aliphatic rings. The molecule has 0 radical (unpaired) electrons. The van der Waals surface area contributed by atoms with Crippen LogP contribution in [0.15, 0.2) is 6.20 Å². The maximum absolute atomic E-state index is 11.7. The Hall–Kier alpha value is -2.45. The van der Waals surface area contributed by atoms with Gasteiger partial charge in [0.2, 0.25) is 0 Å². The molecule has 0 aliphatic carbocycles. The van der Waals surface area contributed by atoms with Gasteiger partial charge in [-0.3, -0.25) is 9.59 Å². The summed E-state index contributed by atoms with van der Waals surface area (Å²) < 4.78 is 5.81. The summed E-state index contributed by atoms with van der Waals surface area (Å²) in [5.41, 5.74) is 0.249. The summed E-state index contributed by atoms with van der Waals surface area (Å²) in [7, 11) is 0. The Morgan fingerprint density at radius 2 is 2.28 bits per heavy atom. The molecule has 0 unspecified atom stereocenters. The summed E-state index contributed by atoms with van der Waals surface area (Å²) in [5.74, 6) is -1.50. The lowest BCUT2D eigenvalue weighted by Gasteiger charge is -2.09. The monoisotopic (exact) mass is 254 g/mol. The Morgan fingerprint density at radius 3 is 2.89 bits per heavy atom. The second kappa shape index (κ2) is 4.82. The van der Waals surface area contributed by atoms with Gasteiger partial charge in [0.1, 0.15) is 13.2 Å². The number of cyclic esters (lactones) is 1. The number of carbonyl (C=O) groups is 3. The van der Waals surface area contributed by atoms with E-state index in [0.717, 1.165) is 4.90 Å². The van der Waals surface area contributed by atoms with E-state index < -0.39 is 18.0 Å². The number of hydrogen-bond donors (Lipinski definition) is 1. The molecule has 0 atom stereocenters. The molecule has 1 fully saturated rings. The van der Waals surface area contributed by atoms with E-state index in [2.05, 4.69) is 15.0 Å². The summed E-state index contributed by atoms with van der Waals surface area (Å²) in [6.45, 7) is 0.224. The largest absolute Gasteiger partial charge is 0.481 e. The molecule has 1 saturated heterocycles. The minimum Gasteiger partial charge on any atom is -0.481 e. The van der Waals surface area contributed by atoms with Gasteiger partial charge in [-0.2, -0.15) is 0 Å². The molecule has 0 spiro atoms. The lowest BCUT2D eigenvalue weighted by Crippen LogP contribution is -2.34. The summed E-state index contributed by atoms with van der Waals surface area (Å²) in [4.78, 5) is 34.2. The van der Waals surface area contributed by atoms with E-state index in [1.807, 2.05) is 0 Å². The van der Waals surface area contributed by atoms with Crippen LogP contribution in [0.3, 0.4) is 0 Å². The molecule has 0 saturated carbocycles. The fourth-order valence-corrected chi connectivity index (χ4v) is 1.50. The van der Waals surface area contributed by atoms with Crippen molar-refractivity contribution in [2.45, 2.75) is 13.0 Å². The Morgan fingerprint density at radius 1 is 1.50 bits per heavy atom. The first-order chi connectivity index (χ1) is 8.56. The van der Waals surface area contributed by atoms with E-state index in [0.29, 0.717) is 0 Å². The molecule has 0 bridgehead atoms. The van der Waals surface area contributed by atoms with Crippen LogP contribution < -0.4 is 0 Å². The van der Waals surface area contributed by atoms with Gasteiger partial charge in [0.25, 0.3) is 5.91 Å². The zero-order valence-electron chi connectivity index (χ0n) is 9.27. The van der Waals surface area contributed by atoms with Crippen molar-refractivity contribution in [1.82, 2.24) is 19.9 Å². The van der Waals surface area contributed by atoms with Crippen molar-refractivity contribution in [3.05, 3.63) is 11.9 Å². The van der Waals surface area contributed by atoms with E-state index in [1.165, 1.54) is 10.9 Å². The Balaban J connectivity index is 1.96. The normalized spacial score (nSPS) is 14.7. The molecule has 9 heteroatoms. The molecule has 0 aromatic carbocycles. The number of aromatic nitrogens is 3. The summed E-state index contributed by atoms with van der Waals surface area (Å²) >= 11 is 0. The van der Waals surface area contributed by atoms with Crippen molar-refractivity contribution in [1.29, 1.82) is 0 Å². The fourth-order valence-electron chi connectivity index (χ4n) is 1.50. The van der Waals surface area contributed by atoms with E-state index in [9.17, 15) is 14.4 Å². The number of aliphatic carboxylic acids is 1.